The smallest absolute Gasteiger partial charge is 0.282 e. The largest absolute Gasteiger partial charge is 0.375 e. The number of aromatic nitrogens is 2. The van der Waals surface area contributed by atoms with Crippen molar-refractivity contribution in [3.8, 4) is 0 Å². The zero-order valence-corrected chi connectivity index (χ0v) is 12.8. The van der Waals surface area contributed by atoms with Crippen LogP contribution in [-0.2, 0) is 7.05 Å². The molecule has 0 aliphatic heterocycles. The molecule has 0 amide bonds. The molecule has 2 heterocycles. The SMILES string of the molecule is Cc1ccc([C@H](C)Nc2cnn(C)c(=O)c2Br)s1. The summed E-state index contributed by atoms with van der Waals surface area (Å²) in [5, 5.41) is 7.30. The molecule has 4 nitrogen and oxygen atoms in total. The van der Waals surface area contributed by atoms with E-state index in [2.05, 4.69) is 52.3 Å². The Labute approximate surface area is 118 Å². The van der Waals surface area contributed by atoms with Gasteiger partial charge in [0.25, 0.3) is 5.56 Å². The van der Waals surface area contributed by atoms with E-state index in [1.165, 1.54) is 14.4 Å². The molecule has 96 valence electrons. The standard InChI is InChI=1S/C12H14BrN3OS/c1-7-4-5-10(18-7)8(2)15-9-6-14-16(3)12(17)11(9)13/h4-6,8,15H,1-3H3/t8-/m0/s1. The molecule has 0 radical (unpaired) electrons. The van der Waals surface area contributed by atoms with Gasteiger partial charge >= 0.3 is 0 Å². The van der Waals surface area contributed by atoms with Crippen molar-refractivity contribution < 1.29 is 0 Å². The van der Waals surface area contributed by atoms with Gasteiger partial charge in [0.05, 0.1) is 17.9 Å². The van der Waals surface area contributed by atoms with Crippen molar-refractivity contribution in [2.45, 2.75) is 19.9 Å². The van der Waals surface area contributed by atoms with Gasteiger partial charge < -0.3 is 5.32 Å². The second-order valence-corrected chi connectivity index (χ2v) is 6.23. The molecule has 0 fully saturated rings. The van der Waals surface area contributed by atoms with Gasteiger partial charge in [-0.2, -0.15) is 5.10 Å². The molecule has 2 rings (SSSR count). The molecular weight excluding hydrogens is 314 g/mol. The van der Waals surface area contributed by atoms with E-state index in [0.717, 1.165) is 5.69 Å². The number of thiophene rings is 1. The van der Waals surface area contributed by atoms with Crippen molar-refractivity contribution in [3.05, 3.63) is 42.9 Å². The summed E-state index contributed by atoms with van der Waals surface area (Å²) in [5.74, 6) is 0. The minimum absolute atomic E-state index is 0.144. The molecule has 0 aromatic carbocycles. The summed E-state index contributed by atoms with van der Waals surface area (Å²) in [4.78, 5) is 14.2. The van der Waals surface area contributed by atoms with Gasteiger partial charge in [0.1, 0.15) is 4.47 Å². The van der Waals surface area contributed by atoms with Crippen molar-refractivity contribution >= 4 is 33.0 Å². The average Bonchev–Trinajstić information content (AvgIpc) is 2.77. The molecule has 2 aromatic rings. The maximum atomic E-state index is 11.7. The maximum absolute atomic E-state index is 11.7. The predicted octanol–water partition coefficient (Wildman–Crippen LogP) is 3.09. The van der Waals surface area contributed by atoms with Gasteiger partial charge in [-0.25, -0.2) is 4.68 Å². The fraction of sp³-hybridized carbons (Fsp3) is 0.333. The summed E-state index contributed by atoms with van der Waals surface area (Å²) in [6.07, 6.45) is 1.66. The molecule has 0 aliphatic carbocycles. The van der Waals surface area contributed by atoms with Crippen LogP contribution in [0.5, 0.6) is 0 Å². The molecular formula is C12H14BrN3OS. The fourth-order valence-corrected chi connectivity index (χ4v) is 2.95. The average molecular weight is 328 g/mol. The Bertz CT molecular complexity index is 620. The second-order valence-electron chi connectivity index (χ2n) is 4.12. The summed E-state index contributed by atoms with van der Waals surface area (Å²) in [6, 6.07) is 4.34. The van der Waals surface area contributed by atoms with E-state index < -0.39 is 0 Å². The van der Waals surface area contributed by atoms with Crippen molar-refractivity contribution in [3.63, 3.8) is 0 Å². The van der Waals surface area contributed by atoms with Gasteiger partial charge in [-0.1, -0.05) is 0 Å². The maximum Gasteiger partial charge on any atom is 0.282 e. The zero-order chi connectivity index (χ0) is 13.3. The lowest BCUT2D eigenvalue weighted by molar-refractivity contribution is 0.701. The molecule has 0 aliphatic rings. The van der Waals surface area contributed by atoms with E-state index in [-0.39, 0.29) is 11.6 Å². The summed E-state index contributed by atoms with van der Waals surface area (Å²) >= 11 is 5.05. The van der Waals surface area contributed by atoms with Gasteiger partial charge in [-0.15, -0.1) is 11.3 Å². The van der Waals surface area contributed by atoms with Gasteiger partial charge in [0.2, 0.25) is 0 Å². The van der Waals surface area contributed by atoms with E-state index in [1.807, 2.05) is 0 Å². The number of hydrogen-bond acceptors (Lipinski definition) is 4. The van der Waals surface area contributed by atoms with Crippen LogP contribution in [0.2, 0.25) is 0 Å². The molecule has 0 unspecified atom stereocenters. The van der Waals surface area contributed by atoms with Crippen molar-refractivity contribution in [2.75, 3.05) is 5.32 Å². The van der Waals surface area contributed by atoms with Crippen LogP contribution in [0.25, 0.3) is 0 Å². The van der Waals surface area contributed by atoms with E-state index in [4.69, 9.17) is 0 Å². The zero-order valence-electron chi connectivity index (χ0n) is 10.4. The highest BCUT2D eigenvalue weighted by Gasteiger charge is 2.12. The lowest BCUT2D eigenvalue weighted by atomic mass is 10.2. The minimum Gasteiger partial charge on any atom is -0.375 e. The molecule has 6 heteroatoms. The van der Waals surface area contributed by atoms with Crippen molar-refractivity contribution in [2.24, 2.45) is 7.05 Å². The topological polar surface area (TPSA) is 46.9 Å². The Morgan fingerprint density at radius 3 is 2.83 bits per heavy atom. The Morgan fingerprint density at radius 2 is 2.22 bits per heavy atom. The lowest BCUT2D eigenvalue weighted by Gasteiger charge is -2.14. The van der Waals surface area contributed by atoms with Crippen LogP contribution < -0.4 is 10.9 Å². The monoisotopic (exact) mass is 327 g/mol. The van der Waals surface area contributed by atoms with Crippen molar-refractivity contribution in [1.29, 1.82) is 0 Å². The summed E-state index contributed by atoms with van der Waals surface area (Å²) in [5.41, 5.74) is 0.575. The first-order valence-corrected chi connectivity index (χ1v) is 7.14. The number of nitrogens with zero attached hydrogens (tertiary/aromatic N) is 2. The van der Waals surface area contributed by atoms with Gasteiger partial charge in [-0.3, -0.25) is 4.79 Å². The number of nitrogens with one attached hydrogen (secondary N) is 1. The number of hydrogen-bond donors (Lipinski definition) is 1. The third-order valence-corrected chi connectivity index (χ3v) is 4.59. The molecule has 1 N–H and O–H groups in total. The summed E-state index contributed by atoms with van der Waals surface area (Å²) in [7, 11) is 1.63. The molecule has 18 heavy (non-hydrogen) atoms. The Kier molecular flexibility index (Phi) is 3.87. The highest BCUT2D eigenvalue weighted by atomic mass is 79.9. The molecule has 1 atom stereocenters. The summed E-state index contributed by atoms with van der Waals surface area (Å²) in [6.45, 7) is 4.14. The third kappa shape index (κ3) is 2.64. The predicted molar refractivity (Wildman–Crippen MR) is 78.3 cm³/mol. The van der Waals surface area contributed by atoms with Gasteiger partial charge in [0, 0.05) is 16.8 Å². The van der Waals surface area contributed by atoms with Crippen LogP contribution in [0, 0.1) is 6.92 Å². The number of anilines is 1. The van der Waals surface area contributed by atoms with Crippen LogP contribution >= 0.6 is 27.3 Å². The summed E-state index contributed by atoms with van der Waals surface area (Å²) < 4.78 is 1.81. The molecule has 0 bridgehead atoms. The lowest BCUT2D eigenvalue weighted by Crippen LogP contribution is -2.21. The normalized spacial score (nSPS) is 12.4. The first kappa shape index (κ1) is 13.3. The van der Waals surface area contributed by atoms with Crippen LogP contribution in [-0.4, -0.2) is 9.78 Å². The van der Waals surface area contributed by atoms with Crippen LogP contribution in [0.4, 0.5) is 5.69 Å². The van der Waals surface area contributed by atoms with E-state index >= 15 is 0 Å². The van der Waals surface area contributed by atoms with Gasteiger partial charge in [-0.05, 0) is 41.9 Å². The van der Waals surface area contributed by atoms with Crippen molar-refractivity contribution in [1.82, 2.24) is 9.78 Å². The third-order valence-electron chi connectivity index (χ3n) is 2.64. The van der Waals surface area contributed by atoms with E-state index in [1.54, 1.807) is 24.6 Å². The molecule has 0 saturated heterocycles. The van der Waals surface area contributed by atoms with Crippen LogP contribution in [0.3, 0.4) is 0 Å². The first-order chi connectivity index (χ1) is 8.49. The fourth-order valence-electron chi connectivity index (χ4n) is 1.60. The quantitative estimate of drug-likeness (QED) is 0.942. The number of rotatable bonds is 3. The van der Waals surface area contributed by atoms with Gasteiger partial charge in [0.15, 0.2) is 0 Å². The van der Waals surface area contributed by atoms with E-state index in [9.17, 15) is 4.79 Å². The van der Waals surface area contributed by atoms with Crippen LogP contribution in [0.15, 0.2) is 27.6 Å². The minimum atomic E-state index is -0.144. The molecule has 2 aromatic heterocycles. The Balaban J connectivity index is 2.25. The molecule has 0 spiro atoms. The number of aryl methyl sites for hydroxylation is 2. The highest BCUT2D eigenvalue weighted by molar-refractivity contribution is 9.10. The van der Waals surface area contributed by atoms with Crippen LogP contribution in [0.1, 0.15) is 22.7 Å². The van der Waals surface area contributed by atoms with E-state index in [0.29, 0.717) is 4.47 Å². The first-order valence-electron chi connectivity index (χ1n) is 5.53. The highest BCUT2D eigenvalue weighted by Crippen LogP contribution is 2.27. The molecule has 0 saturated carbocycles. The Hall–Kier alpha value is -1.14. The Morgan fingerprint density at radius 1 is 1.50 bits per heavy atom. The second kappa shape index (κ2) is 5.24. The number of halogens is 1.